The van der Waals surface area contributed by atoms with Gasteiger partial charge in [-0.3, -0.25) is 0 Å². The summed E-state index contributed by atoms with van der Waals surface area (Å²) in [6.45, 7) is 4.91. The molecule has 0 saturated heterocycles. The highest BCUT2D eigenvalue weighted by Crippen LogP contribution is 2.24. The van der Waals surface area contributed by atoms with E-state index in [1.807, 2.05) is 24.9 Å². The summed E-state index contributed by atoms with van der Waals surface area (Å²) in [7, 11) is 1.98. The van der Waals surface area contributed by atoms with Crippen LogP contribution < -0.4 is 0 Å². The molecule has 0 atom stereocenters. The Hall–Kier alpha value is -0.360. The second-order valence-electron chi connectivity index (χ2n) is 3.18. The summed E-state index contributed by atoms with van der Waals surface area (Å²) >= 11 is 8.05. The molecule has 0 spiro atoms. The number of hydrogen-bond acceptors (Lipinski definition) is 2. The van der Waals surface area contributed by atoms with Crippen LogP contribution in [0.1, 0.15) is 12.6 Å². The fourth-order valence-corrected chi connectivity index (χ4v) is 1.51. The van der Waals surface area contributed by atoms with Crippen LogP contribution in [0.15, 0.2) is 11.1 Å². The lowest BCUT2D eigenvalue weighted by molar-refractivity contribution is 0.552. The molecule has 0 radical (unpaired) electrons. The van der Waals surface area contributed by atoms with Gasteiger partial charge in [0, 0.05) is 13.6 Å². The molecule has 5 heteroatoms. The van der Waals surface area contributed by atoms with Gasteiger partial charge >= 0.3 is 0 Å². The van der Waals surface area contributed by atoms with E-state index in [1.165, 1.54) is 0 Å². The van der Waals surface area contributed by atoms with Crippen molar-refractivity contribution in [2.24, 2.45) is 4.99 Å². The van der Waals surface area contributed by atoms with Crippen LogP contribution in [0, 0.1) is 10.5 Å². The first-order valence-electron chi connectivity index (χ1n) is 4.61. The predicted octanol–water partition coefficient (Wildman–Crippen LogP) is 3.26. The summed E-state index contributed by atoms with van der Waals surface area (Å²) in [6.07, 6.45) is 1.80. The highest BCUT2D eigenvalue weighted by atomic mass is 127. The maximum Gasteiger partial charge on any atom is 0.142 e. The van der Waals surface area contributed by atoms with E-state index in [9.17, 15) is 0 Å². The van der Waals surface area contributed by atoms with Crippen LogP contribution in [-0.4, -0.2) is 29.8 Å². The van der Waals surface area contributed by atoms with Crippen molar-refractivity contribution in [2.45, 2.75) is 13.8 Å². The minimum Gasteiger partial charge on any atom is -0.366 e. The van der Waals surface area contributed by atoms with E-state index in [2.05, 4.69) is 39.5 Å². The smallest absolute Gasteiger partial charge is 0.142 e. The van der Waals surface area contributed by atoms with Gasteiger partial charge in [-0.25, -0.2) is 9.98 Å². The molecule has 0 aliphatic carbocycles. The van der Waals surface area contributed by atoms with Crippen molar-refractivity contribution in [3.05, 3.63) is 20.5 Å². The molecular weight excluding hydrogens is 324 g/mol. The fourth-order valence-electron chi connectivity index (χ4n) is 0.915. The van der Waals surface area contributed by atoms with Crippen LogP contribution in [-0.2, 0) is 0 Å². The van der Waals surface area contributed by atoms with Crippen molar-refractivity contribution < 1.29 is 0 Å². The van der Waals surface area contributed by atoms with Crippen molar-refractivity contribution in [1.82, 2.24) is 9.88 Å². The number of hydrogen-bond donors (Lipinski definition) is 0. The third-order valence-electron chi connectivity index (χ3n) is 1.99. The lowest BCUT2D eigenvalue weighted by atomic mass is 10.3. The number of rotatable bonds is 3. The summed E-state index contributed by atoms with van der Waals surface area (Å²) in [5, 5.41) is 0.538. The number of halogens is 2. The Kier molecular flexibility index (Phi) is 4.79. The summed E-state index contributed by atoms with van der Waals surface area (Å²) in [4.78, 5) is 10.6. The maximum absolute atomic E-state index is 5.90. The molecule has 1 aromatic rings. The van der Waals surface area contributed by atoms with E-state index in [1.54, 1.807) is 6.34 Å². The molecule has 0 N–H and O–H groups in total. The molecule has 0 fully saturated rings. The first-order chi connectivity index (χ1) is 7.04. The molecule has 0 aliphatic rings. The zero-order chi connectivity index (χ0) is 11.4. The first kappa shape index (κ1) is 12.7. The number of aromatic nitrogens is 1. The molecule has 1 heterocycles. The van der Waals surface area contributed by atoms with Gasteiger partial charge in [0.15, 0.2) is 0 Å². The Morgan fingerprint density at radius 2 is 2.33 bits per heavy atom. The third-order valence-corrected chi connectivity index (χ3v) is 3.42. The molecule has 0 unspecified atom stereocenters. The highest BCUT2D eigenvalue weighted by molar-refractivity contribution is 14.1. The molecule has 0 saturated carbocycles. The molecule has 0 bridgehead atoms. The van der Waals surface area contributed by atoms with Crippen molar-refractivity contribution in [2.75, 3.05) is 13.6 Å². The molecule has 1 rings (SSSR count). The fraction of sp³-hybridized carbons (Fsp3) is 0.400. The van der Waals surface area contributed by atoms with Gasteiger partial charge in [-0.1, -0.05) is 11.6 Å². The highest BCUT2D eigenvalue weighted by Gasteiger charge is 2.03. The van der Waals surface area contributed by atoms with Gasteiger partial charge in [0.1, 0.15) is 5.15 Å². The van der Waals surface area contributed by atoms with Gasteiger partial charge < -0.3 is 4.90 Å². The van der Waals surface area contributed by atoms with Gasteiger partial charge in [0.25, 0.3) is 0 Å². The van der Waals surface area contributed by atoms with Crippen LogP contribution >= 0.6 is 34.2 Å². The topological polar surface area (TPSA) is 28.5 Å². The number of nitrogens with zero attached hydrogens (tertiary/aromatic N) is 3. The van der Waals surface area contributed by atoms with E-state index in [-0.39, 0.29) is 0 Å². The molecule has 0 aromatic carbocycles. The van der Waals surface area contributed by atoms with Gasteiger partial charge in [-0.15, -0.1) is 0 Å². The minimum absolute atomic E-state index is 0.538. The SMILES string of the molecule is CCN(C)/C=N/c1cc(I)c(Cl)nc1C. The van der Waals surface area contributed by atoms with Crippen LogP contribution in [0.25, 0.3) is 0 Å². The average Bonchev–Trinajstić information content (AvgIpc) is 2.21. The zero-order valence-electron chi connectivity index (χ0n) is 8.96. The van der Waals surface area contributed by atoms with Crippen LogP contribution in [0.5, 0.6) is 0 Å². The van der Waals surface area contributed by atoms with Gasteiger partial charge in [0.05, 0.1) is 21.3 Å². The Balaban J connectivity index is 2.95. The number of aliphatic imine (C=N–C) groups is 1. The monoisotopic (exact) mass is 337 g/mol. The Morgan fingerprint density at radius 3 is 2.93 bits per heavy atom. The average molecular weight is 338 g/mol. The van der Waals surface area contributed by atoms with Crippen LogP contribution in [0.4, 0.5) is 5.69 Å². The van der Waals surface area contributed by atoms with E-state index in [0.29, 0.717) is 5.15 Å². The third kappa shape index (κ3) is 3.61. The van der Waals surface area contributed by atoms with E-state index >= 15 is 0 Å². The summed E-state index contributed by atoms with van der Waals surface area (Å²) in [5.41, 5.74) is 1.71. The van der Waals surface area contributed by atoms with Crippen molar-refractivity contribution >= 4 is 46.2 Å². The molecule has 3 nitrogen and oxygen atoms in total. The van der Waals surface area contributed by atoms with Gasteiger partial charge in [-0.05, 0) is 42.5 Å². The zero-order valence-corrected chi connectivity index (χ0v) is 11.9. The van der Waals surface area contributed by atoms with Crippen LogP contribution in [0.2, 0.25) is 5.15 Å². The number of pyridine rings is 1. The van der Waals surface area contributed by atoms with Gasteiger partial charge in [-0.2, -0.15) is 0 Å². The Morgan fingerprint density at radius 1 is 1.67 bits per heavy atom. The van der Waals surface area contributed by atoms with E-state index in [4.69, 9.17) is 11.6 Å². The molecule has 1 aromatic heterocycles. The summed E-state index contributed by atoms with van der Waals surface area (Å²) in [5.74, 6) is 0. The molecular formula is C10H13ClIN3. The minimum atomic E-state index is 0.538. The quantitative estimate of drug-likeness (QED) is 0.366. The second kappa shape index (κ2) is 5.65. The summed E-state index contributed by atoms with van der Waals surface area (Å²) < 4.78 is 0.922. The molecule has 0 aliphatic heterocycles. The molecule has 0 amide bonds. The summed E-state index contributed by atoms with van der Waals surface area (Å²) in [6, 6.07) is 1.94. The Bertz CT molecular complexity index is 379. The standard InChI is InChI=1S/C10H13ClIN3/c1-4-15(3)6-13-9-5-8(12)10(11)14-7(9)2/h5-6H,4H2,1-3H3/b13-6+. The normalized spacial score (nSPS) is 11.0. The van der Waals surface area contributed by atoms with Crippen molar-refractivity contribution in [1.29, 1.82) is 0 Å². The van der Waals surface area contributed by atoms with Gasteiger partial charge in [0.2, 0.25) is 0 Å². The second-order valence-corrected chi connectivity index (χ2v) is 4.70. The van der Waals surface area contributed by atoms with Crippen molar-refractivity contribution in [3.8, 4) is 0 Å². The van der Waals surface area contributed by atoms with E-state index in [0.717, 1.165) is 21.5 Å². The maximum atomic E-state index is 5.90. The molecule has 15 heavy (non-hydrogen) atoms. The lowest BCUT2D eigenvalue weighted by Crippen LogP contribution is -2.14. The molecule has 82 valence electrons. The lowest BCUT2D eigenvalue weighted by Gasteiger charge is -2.09. The Labute approximate surface area is 109 Å². The number of aryl methyl sites for hydroxylation is 1. The first-order valence-corrected chi connectivity index (χ1v) is 6.07. The van der Waals surface area contributed by atoms with Crippen molar-refractivity contribution in [3.63, 3.8) is 0 Å². The van der Waals surface area contributed by atoms with E-state index < -0.39 is 0 Å². The largest absolute Gasteiger partial charge is 0.366 e. The van der Waals surface area contributed by atoms with Crippen LogP contribution in [0.3, 0.4) is 0 Å². The predicted molar refractivity (Wildman–Crippen MR) is 73.2 cm³/mol.